The summed E-state index contributed by atoms with van der Waals surface area (Å²) in [5.74, 6) is 0.210. The van der Waals surface area contributed by atoms with Gasteiger partial charge in [-0.25, -0.2) is 22.8 Å². The van der Waals surface area contributed by atoms with Crippen molar-refractivity contribution in [3.05, 3.63) is 77.4 Å². The van der Waals surface area contributed by atoms with Crippen molar-refractivity contribution < 1.29 is 12.8 Å². The Morgan fingerprint density at radius 3 is 2.61 bits per heavy atom. The molecule has 2 aromatic carbocycles. The van der Waals surface area contributed by atoms with Crippen molar-refractivity contribution in [1.29, 1.82) is 0 Å². The summed E-state index contributed by atoms with van der Waals surface area (Å²) >= 11 is 0. The van der Waals surface area contributed by atoms with Crippen LogP contribution >= 0.6 is 0 Å². The first-order chi connectivity index (χ1) is 13.5. The van der Waals surface area contributed by atoms with Crippen LogP contribution in [0.2, 0.25) is 0 Å². The van der Waals surface area contributed by atoms with Crippen molar-refractivity contribution in [3.63, 3.8) is 0 Å². The van der Waals surface area contributed by atoms with Crippen LogP contribution in [-0.2, 0) is 29.4 Å². The molecule has 28 heavy (non-hydrogen) atoms. The summed E-state index contributed by atoms with van der Waals surface area (Å²) in [7, 11) is -3.58. The van der Waals surface area contributed by atoms with Gasteiger partial charge in [-0.15, -0.1) is 0 Å². The molecule has 1 aliphatic rings. The van der Waals surface area contributed by atoms with Crippen molar-refractivity contribution in [2.24, 2.45) is 0 Å². The molecule has 0 atom stereocenters. The highest BCUT2D eigenvalue weighted by molar-refractivity contribution is 7.89. The van der Waals surface area contributed by atoms with Gasteiger partial charge in [-0.1, -0.05) is 25.1 Å². The lowest BCUT2D eigenvalue weighted by molar-refractivity contribution is 0.386. The van der Waals surface area contributed by atoms with Crippen LogP contribution in [0.5, 0.6) is 0 Å². The Bertz CT molecular complexity index is 1110. The number of halogens is 1. The van der Waals surface area contributed by atoms with E-state index in [9.17, 15) is 12.8 Å². The van der Waals surface area contributed by atoms with Gasteiger partial charge in [0.15, 0.2) is 5.82 Å². The summed E-state index contributed by atoms with van der Waals surface area (Å²) in [6.45, 7) is 2.57. The van der Waals surface area contributed by atoms with Crippen molar-refractivity contribution in [3.8, 4) is 11.4 Å². The van der Waals surface area contributed by atoms with Gasteiger partial charge >= 0.3 is 0 Å². The Hall–Kier alpha value is -2.64. The average molecular weight is 397 g/mol. The zero-order chi connectivity index (χ0) is 19.7. The molecular weight excluding hydrogens is 377 g/mol. The van der Waals surface area contributed by atoms with E-state index in [1.165, 1.54) is 16.4 Å². The zero-order valence-corrected chi connectivity index (χ0v) is 16.3. The summed E-state index contributed by atoms with van der Waals surface area (Å²) in [4.78, 5) is 9.31. The second kappa shape index (κ2) is 7.41. The molecule has 1 aromatic heterocycles. The second-order valence-electron chi connectivity index (χ2n) is 6.72. The Morgan fingerprint density at radius 2 is 1.86 bits per heavy atom. The molecule has 0 N–H and O–H groups in total. The van der Waals surface area contributed by atoms with Crippen molar-refractivity contribution in [2.75, 3.05) is 6.54 Å². The third-order valence-electron chi connectivity index (χ3n) is 4.97. The van der Waals surface area contributed by atoms with Gasteiger partial charge in [-0.05, 0) is 42.3 Å². The summed E-state index contributed by atoms with van der Waals surface area (Å²) in [5, 5.41) is 0. The van der Waals surface area contributed by atoms with Crippen molar-refractivity contribution in [1.82, 2.24) is 14.3 Å². The van der Waals surface area contributed by atoms with E-state index >= 15 is 0 Å². The van der Waals surface area contributed by atoms with Gasteiger partial charge in [0.05, 0.1) is 10.6 Å². The van der Waals surface area contributed by atoms with E-state index < -0.39 is 10.0 Å². The normalized spacial score (nSPS) is 14.6. The fourth-order valence-electron chi connectivity index (χ4n) is 3.42. The molecule has 0 fully saturated rings. The number of aromatic nitrogens is 2. The number of hydrogen-bond acceptors (Lipinski definition) is 4. The van der Waals surface area contributed by atoms with Gasteiger partial charge in [0, 0.05) is 36.8 Å². The molecule has 1 aliphatic heterocycles. The highest BCUT2D eigenvalue weighted by atomic mass is 32.2. The Morgan fingerprint density at radius 1 is 1.11 bits per heavy atom. The van der Waals surface area contributed by atoms with E-state index in [4.69, 9.17) is 0 Å². The molecule has 0 bridgehead atoms. The van der Waals surface area contributed by atoms with Gasteiger partial charge < -0.3 is 0 Å². The Labute approximate surface area is 163 Å². The lowest BCUT2D eigenvalue weighted by Gasteiger charge is -2.28. The molecule has 0 spiro atoms. The first-order valence-electron chi connectivity index (χ1n) is 9.18. The monoisotopic (exact) mass is 397 g/mol. The van der Waals surface area contributed by atoms with E-state index in [0.717, 1.165) is 22.4 Å². The van der Waals surface area contributed by atoms with E-state index in [1.54, 1.807) is 30.5 Å². The quantitative estimate of drug-likeness (QED) is 0.675. The van der Waals surface area contributed by atoms with E-state index in [-0.39, 0.29) is 12.4 Å². The van der Waals surface area contributed by atoms with Gasteiger partial charge in [0.25, 0.3) is 0 Å². The molecule has 3 aromatic rings. The van der Waals surface area contributed by atoms with Crippen molar-refractivity contribution in [2.45, 2.75) is 31.2 Å². The SMILES string of the molecule is CCc1ccccc1S(=O)(=O)N1CCc2nc(-c3ccc(F)cc3)ncc2C1. The van der Waals surface area contributed by atoms with Crippen LogP contribution in [0.1, 0.15) is 23.7 Å². The molecular formula is C21H20FN3O2S. The molecule has 0 saturated carbocycles. The van der Waals surface area contributed by atoms with Crippen LogP contribution in [0, 0.1) is 5.82 Å². The lowest BCUT2D eigenvalue weighted by atomic mass is 10.1. The topological polar surface area (TPSA) is 63.2 Å². The van der Waals surface area contributed by atoms with Crippen LogP contribution in [0.3, 0.4) is 0 Å². The minimum Gasteiger partial charge on any atom is -0.236 e. The van der Waals surface area contributed by atoms with E-state index in [1.807, 2.05) is 19.1 Å². The molecule has 0 saturated heterocycles. The molecule has 0 amide bonds. The smallest absolute Gasteiger partial charge is 0.236 e. The summed E-state index contributed by atoms with van der Waals surface area (Å²) in [6, 6.07) is 13.1. The lowest BCUT2D eigenvalue weighted by Crippen LogP contribution is -2.37. The minimum absolute atomic E-state index is 0.249. The van der Waals surface area contributed by atoms with Gasteiger partial charge in [0.1, 0.15) is 5.82 Å². The predicted octanol–water partition coefficient (Wildman–Crippen LogP) is 3.59. The average Bonchev–Trinajstić information content (AvgIpc) is 2.73. The first kappa shape index (κ1) is 18.7. The van der Waals surface area contributed by atoms with Gasteiger partial charge in [0.2, 0.25) is 10.0 Å². The summed E-state index contributed by atoms with van der Waals surface area (Å²) in [6.07, 6.45) is 2.85. The highest BCUT2D eigenvalue weighted by Gasteiger charge is 2.30. The predicted molar refractivity (Wildman–Crippen MR) is 105 cm³/mol. The van der Waals surface area contributed by atoms with Crippen LogP contribution in [-0.4, -0.2) is 29.2 Å². The number of hydrogen-bond donors (Lipinski definition) is 0. The van der Waals surface area contributed by atoms with Crippen LogP contribution in [0.25, 0.3) is 11.4 Å². The maximum absolute atomic E-state index is 13.1. The fourth-order valence-corrected chi connectivity index (χ4v) is 5.13. The number of fused-ring (bicyclic) bond motifs is 1. The molecule has 0 aliphatic carbocycles. The number of sulfonamides is 1. The summed E-state index contributed by atoms with van der Waals surface area (Å²) in [5.41, 5.74) is 3.19. The molecule has 7 heteroatoms. The van der Waals surface area contributed by atoms with E-state index in [0.29, 0.717) is 30.1 Å². The third kappa shape index (κ3) is 3.43. The van der Waals surface area contributed by atoms with Crippen LogP contribution in [0.15, 0.2) is 59.6 Å². The van der Waals surface area contributed by atoms with E-state index in [2.05, 4.69) is 9.97 Å². The maximum Gasteiger partial charge on any atom is 0.243 e. The van der Waals surface area contributed by atoms with Gasteiger partial charge in [-0.2, -0.15) is 4.31 Å². The Balaban J connectivity index is 1.62. The van der Waals surface area contributed by atoms with Crippen molar-refractivity contribution >= 4 is 10.0 Å². The molecule has 144 valence electrons. The second-order valence-corrected chi connectivity index (χ2v) is 8.63. The number of nitrogens with zero attached hydrogens (tertiary/aromatic N) is 3. The molecule has 2 heterocycles. The van der Waals surface area contributed by atoms with Gasteiger partial charge in [-0.3, -0.25) is 0 Å². The largest absolute Gasteiger partial charge is 0.243 e. The molecule has 4 rings (SSSR count). The molecule has 0 radical (unpaired) electrons. The molecule has 5 nitrogen and oxygen atoms in total. The zero-order valence-electron chi connectivity index (χ0n) is 15.5. The summed E-state index contributed by atoms with van der Waals surface area (Å²) < 4.78 is 40.9. The number of aryl methyl sites for hydroxylation is 1. The highest BCUT2D eigenvalue weighted by Crippen LogP contribution is 2.27. The van der Waals surface area contributed by atoms with Crippen LogP contribution in [0.4, 0.5) is 4.39 Å². The van der Waals surface area contributed by atoms with Crippen LogP contribution < -0.4 is 0 Å². The maximum atomic E-state index is 13.1. The minimum atomic E-state index is -3.58. The molecule has 0 unspecified atom stereocenters. The standard InChI is InChI=1S/C21H20FN3O2S/c1-2-15-5-3-4-6-20(15)28(26,27)25-12-11-19-17(14-25)13-23-21(24-19)16-7-9-18(22)10-8-16/h3-10,13H,2,11-12,14H2,1H3. The first-order valence-corrected chi connectivity index (χ1v) is 10.6. The number of rotatable bonds is 4. The third-order valence-corrected chi connectivity index (χ3v) is 6.92. The fraction of sp³-hybridized carbons (Fsp3) is 0.238. The number of benzene rings is 2. The Kier molecular flexibility index (Phi) is 4.95.